The molecule has 3 amide bonds. The highest BCUT2D eigenvalue weighted by atomic mass is 16.5. The summed E-state index contributed by atoms with van der Waals surface area (Å²) in [6.07, 6.45) is 0. The number of nitrogens with zero attached hydrogens (tertiary/aromatic N) is 4. The number of aromatic nitrogens is 3. The van der Waals surface area contributed by atoms with Crippen LogP contribution in [0.4, 0.5) is 10.5 Å². The number of rotatable bonds is 8. The molecule has 0 aliphatic carbocycles. The molecule has 2 N–H and O–H groups in total. The summed E-state index contributed by atoms with van der Waals surface area (Å²) in [6, 6.07) is 12.1. The van der Waals surface area contributed by atoms with Crippen LogP contribution in [-0.2, 0) is 6.54 Å². The number of methoxy groups -OCH3 is 1. The molecule has 2 aromatic carbocycles. The van der Waals surface area contributed by atoms with Crippen LogP contribution < -0.4 is 15.4 Å². The molecule has 1 heterocycles. The molecule has 0 saturated heterocycles. The molecular formula is C21H26N6O3. The van der Waals surface area contributed by atoms with E-state index in [-0.39, 0.29) is 11.9 Å². The number of benzene rings is 2. The van der Waals surface area contributed by atoms with Gasteiger partial charge in [0, 0.05) is 30.9 Å². The topological polar surface area (TPSA) is 101 Å². The van der Waals surface area contributed by atoms with Crippen LogP contribution in [0.5, 0.6) is 5.75 Å². The minimum absolute atomic E-state index is 0.0201. The van der Waals surface area contributed by atoms with Crippen molar-refractivity contribution in [2.24, 2.45) is 0 Å². The molecule has 3 rings (SSSR count). The third kappa shape index (κ3) is 4.86. The van der Waals surface area contributed by atoms with Gasteiger partial charge in [0.15, 0.2) is 0 Å². The fourth-order valence-electron chi connectivity index (χ4n) is 3.09. The highest BCUT2D eigenvalue weighted by Gasteiger charge is 2.14. The summed E-state index contributed by atoms with van der Waals surface area (Å²) in [7, 11) is 1.59. The molecule has 158 valence electrons. The lowest BCUT2D eigenvalue weighted by atomic mass is 10.1. The normalized spacial score (nSPS) is 10.6. The molecule has 0 radical (unpaired) electrons. The van der Waals surface area contributed by atoms with E-state index in [1.54, 1.807) is 53.1 Å². The average Bonchev–Trinajstić information content (AvgIpc) is 3.17. The van der Waals surface area contributed by atoms with E-state index in [0.29, 0.717) is 42.9 Å². The number of fused-ring (bicyclic) bond motifs is 1. The number of carbonyl (C=O) groups excluding carboxylic acids is 2. The third-order valence-corrected chi connectivity index (χ3v) is 4.77. The minimum atomic E-state index is -0.309. The zero-order valence-electron chi connectivity index (χ0n) is 17.4. The number of ether oxygens (including phenoxy) is 1. The van der Waals surface area contributed by atoms with Crippen molar-refractivity contribution in [1.82, 2.24) is 25.2 Å². The van der Waals surface area contributed by atoms with Gasteiger partial charge in [-0.25, -0.2) is 9.48 Å². The first-order chi connectivity index (χ1) is 14.5. The Balaban J connectivity index is 1.57. The van der Waals surface area contributed by atoms with E-state index >= 15 is 0 Å². The van der Waals surface area contributed by atoms with E-state index in [2.05, 4.69) is 20.9 Å². The SMILES string of the molecule is CCN(CC)C(=O)c1ccc2c(c1)nnn2CCNC(=O)Nc1ccc(OC)cc1. The Morgan fingerprint density at radius 3 is 2.50 bits per heavy atom. The van der Waals surface area contributed by atoms with E-state index in [4.69, 9.17) is 4.74 Å². The largest absolute Gasteiger partial charge is 0.497 e. The van der Waals surface area contributed by atoms with Crippen LogP contribution in [0.3, 0.4) is 0 Å². The van der Waals surface area contributed by atoms with Crippen molar-refractivity contribution >= 4 is 28.7 Å². The lowest BCUT2D eigenvalue weighted by Gasteiger charge is -2.18. The maximum atomic E-state index is 12.5. The van der Waals surface area contributed by atoms with E-state index in [9.17, 15) is 9.59 Å². The van der Waals surface area contributed by atoms with Crippen LogP contribution in [0.1, 0.15) is 24.2 Å². The molecule has 30 heavy (non-hydrogen) atoms. The molecule has 0 fully saturated rings. The standard InChI is InChI=1S/C21H26N6O3/c1-4-26(5-2)20(28)15-6-11-19-18(14-15)24-25-27(19)13-12-22-21(29)23-16-7-9-17(30-3)10-8-16/h6-11,14H,4-5,12-13H2,1-3H3,(H2,22,23,29). The predicted molar refractivity (Wildman–Crippen MR) is 115 cm³/mol. The van der Waals surface area contributed by atoms with Crippen LogP contribution in [0.2, 0.25) is 0 Å². The summed E-state index contributed by atoms with van der Waals surface area (Å²) in [6.45, 7) is 6.05. The van der Waals surface area contributed by atoms with Gasteiger partial charge in [0.25, 0.3) is 5.91 Å². The van der Waals surface area contributed by atoms with E-state index < -0.39 is 0 Å². The summed E-state index contributed by atoms with van der Waals surface area (Å²) in [4.78, 5) is 26.3. The first kappa shape index (κ1) is 21.1. The number of carbonyl (C=O) groups is 2. The molecule has 9 nitrogen and oxygen atoms in total. The lowest BCUT2D eigenvalue weighted by molar-refractivity contribution is 0.0773. The Labute approximate surface area is 175 Å². The third-order valence-electron chi connectivity index (χ3n) is 4.77. The van der Waals surface area contributed by atoms with Crippen molar-refractivity contribution in [2.75, 3.05) is 32.1 Å². The van der Waals surface area contributed by atoms with Crippen LogP contribution in [0, 0.1) is 0 Å². The Hall–Kier alpha value is -3.62. The lowest BCUT2D eigenvalue weighted by Crippen LogP contribution is -2.31. The van der Waals surface area contributed by atoms with Gasteiger partial charge in [0.2, 0.25) is 0 Å². The first-order valence-corrected chi connectivity index (χ1v) is 9.87. The quantitative estimate of drug-likeness (QED) is 0.595. The van der Waals surface area contributed by atoms with Crippen molar-refractivity contribution in [1.29, 1.82) is 0 Å². The highest BCUT2D eigenvalue weighted by Crippen LogP contribution is 2.16. The van der Waals surface area contributed by atoms with Gasteiger partial charge in [-0.2, -0.15) is 0 Å². The van der Waals surface area contributed by atoms with Crippen molar-refractivity contribution in [3.63, 3.8) is 0 Å². The van der Waals surface area contributed by atoms with Crippen molar-refractivity contribution in [3.8, 4) is 5.75 Å². The monoisotopic (exact) mass is 410 g/mol. The molecule has 3 aromatic rings. The van der Waals surface area contributed by atoms with Crippen LogP contribution in [-0.4, -0.2) is 58.6 Å². The van der Waals surface area contributed by atoms with Gasteiger partial charge in [-0.15, -0.1) is 5.10 Å². The van der Waals surface area contributed by atoms with Crippen molar-refractivity contribution in [3.05, 3.63) is 48.0 Å². The molecule has 0 spiro atoms. The Morgan fingerprint density at radius 2 is 1.83 bits per heavy atom. The molecule has 0 atom stereocenters. The molecule has 0 aliphatic heterocycles. The Bertz CT molecular complexity index is 1010. The zero-order chi connectivity index (χ0) is 21.5. The molecule has 0 unspecified atom stereocenters. The molecule has 1 aromatic heterocycles. The van der Waals surface area contributed by atoms with Crippen molar-refractivity contribution in [2.45, 2.75) is 20.4 Å². The van der Waals surface area contributed by atoms with Crippen molar-refractivity contribution < 1.29 is 14.3 Å². The van der Waals surface area contributed by atoms with Gasteiger partial charge in [0.1, 0.15) is 11.3 Å². The summed E-state index contributed by atoms with van der Waals surface area (Å²) in [5, 5.41) is 13.8. The van der Waals surface area contributed by atoms with Gasteiger partial charge in [-0.05, 0) is 56.3 Å². The maximum absolute atomic E-state index is 12.5. The molecule has 0 aliphatic rings. The van der Waals surface area contributed by atoms with Crippen LogP contribution in [0.15, 0.2) is 42.5 Å². The second-order valence-electron chi connectivity index (χ2n) is 6.60. The summed E-state index contributed by atoms with van der Waals surface area (Å²) >= 11 is 0. The zero-order valence-corrected chi connectivity index (χ0v) is 17.4. The fourth-order valence-corrected chi connectivity index (χ4v) is 3.09. The fraction of sp³-hybridized carbons (Fsp3) is 0.333. The second kappa shape index (κ2) is 9.73. The molecular weight excluding hydrogens is 384 g/mol. The van der Waals surface area contributed by atoms with Gasteiger partial charge in [-0.1, -0.05) is 5.21 Å². The summed E-state index contributed by atoms with van der Waals surface area (Å²) in [5.41, 5.74) is 2.72. The van der Waals surface area contributed by atoms with E-state index in [1.807, 2.05) is 19.9 Å². The van der Waals surface area contributed by atoms with Gasteiger partial charge in [-0.3, -0.25) is 4.79 Å². The second-order valence-corrected chi connectivity index (χ2v) is 6.60. The van der Waals surface area contributed by atoms with Gasteiger partial charge >= 0.3 is 6.03 Å². The summed E-state index contributed by atoms with van der Waals surface area (Å²) < 4.78 is 6.80. The Morgan fingerprint density at radius 1 is 1.10 bits per heavy atom. The number of nitrogens with one attached hydrogen (secondary N) is 2. The van der Waals surface area contributed by atoms with E-state index in [1.165, 1.54) is 0 Å². The van der Waals surface area contributed by atoms with E-state index in [0.717, 1.165) is 11.3 Å². The average molecular weight is 410 g/mol. The number of urea groups is 1. The predicted octanol–water partition coefficient (Wildman–Crippen LogP) is 2.74. The van der Waals surface area contributed by atoms with Crippen LogP contribution in [0.25, 0.3) is 11.0 Å². The smallest absolute Gasteiger partial charge is 0.319 e. The number of hydrogen-bond acceptors (Lipinski definition) is 5. The van der Waals surface area contributed by atoms with Gasteiger partial charge < -0.3 is 20.3 Å². The summed E-state index contributed by atoms with van der Waals surface area (Å²) in [5.74, 6) is 0.703. The van der Waals surface area contributed by atoms with Gasteiger partial charge in [0.05, 0.1) is 19.2 Å². The number of amides is 3. The number of anilines is 1. The Kier molecular flexibility index (Phi) is 6.84. The maximum Gasteiger partial charge on any atom is 0.319 e. The molecule has 0 bridgehead atoms. The minimum Gasteiger partial charge on any atom is -0.497 e. The number of hydrogen-bond donors (Lipinski definition) is 2. The highest BCUT2D eigenvalue weighted by molar-refractivity contribution is 5.97. The first-order valence-electron chi connectivity index (χ1n) is 9.87. The molecule has 9 heteroatoms. The molecule has 0 saturated carbocycles. The van der Waals surface area contributed by atoms with Crippen LogP contribution >= 0.6 is 0 Å².